The molecule has 1 aliphatic heterocycles. The molecule has 0 radical (unpaired) electrons. The molecule has 0 amide bonds. The minimum Gasteiger partial charge on any atom is -0.368 e. The van der Waals surface area contributed by atoms with Crippen LogP contribution in [0.3, 0.4) is 0 Å². The van der Waals surface area contributed by atoms with E-state index in [1.54, 1.807) is 0 Å². The quantitative estimate of drug-likeness (QED) is 0.642. The van der Waals surface area contributed by atoms with E-state index in [0.29, 0.717) is 5.44 Å². The molecular formula is C14H28OS. The van der Waals surface area contributed by atoms with Crippen LogP contribution in [0.15, 0.2) is 0 Å². The van der Waals surface area contributed by atoms with Gasteiger partial charge in [0, 0.05) is 6.61 Å². The molecule has 0 aliphatic carbocycles. The topological polar surface area (TPSA) is 9.23 Å². The summed E-state index contributed by atoms with van der Waals surface area (Å²) < 4.78 is 5.90. The van der Waals surface area contributed by atoms with Crippen LogP contribution in [0, 0.1) is 0 Å². The first-order valence-corrected chi connectivity index (χ1v) is 8.36. The highest BCUT2D eigenvalue weighted by Crippen LogP contribution is 2.19. The van der Waals surface area contributed by atoms with Gasteiger partial charge in [-0.3, -0.25) is 0 Å². The van der Waals surface area contributed by atoms with Gasteiger partial charge in [-0.05, 0) is 25.5 Å². The van der Waals surface area contributed by atoms with Gasteiger partial charge in [0.2, 0.25) is 0 Å². The first-order valence-electron chi connectivity index (χ1n) is 7.08. The molecule has 0 N–H and O–H groups in total. The third-order valence-electron chi connectivity index (χ3n) is 3.40. The lowest BCUT2D eigenvalue weighted by molar-refractivity contribution is 0.101. The standard InChI is InChI=1S/C14H28OS/c1-16-14-12-10-8-6-4-2-3-5-7-9-11-13-15-14/h14H,2-13H2,1H3. The van der Waals surface area contributed by atoms with Crippen LogP contribution >= 0.6 is 11.8 Å². The van der Waals surface area contributed by atoms with Crippen molar-refractivity contribution < 1.29 is 4.74 Å². The van der Waals surface area contributed by atoms with Crippen LogP contribution in [0.2, 0.25) is 0 Å². The molecule has 1 atom stereocenters. The Bertz CT molecular complexity index is 136. The molecule has 1 nitrogen and oxygen atoms in total. The first-order chi connectivity index (χ1) is 7.93. The number of hydrogen-bond acceptors (Lipinski definition) is 2. The molecule has 16 heavy (non-hydrogen) atoms. The first kappa shape index (κ1) is 14.4. The van der Waals surface area contributed by atoms with Gasteiger partial charge in [0.15, 0.2) is 0 Å². The highest BCUT2D eigenvalue weighted by Gasteiger charge is 2.06. The third-order valence-corrected chi connectivity index (χ3v) is 4.30. The molecule has 0 saturated carbocycles. The SMILES string of the molecule is CSC1CCCCCCCCCCCCO1. The van der Waals surface area contributed by atoms with Crippen molar-refractivity contribution in [3.63, 3.8) is 0 Å². The zero-order valence-electron chi connectivity index (χ0n) is 10.9. The summed E-state index contributed by atoms with van der Waals surface area (Å²) in [5, 5.41) is 0. The van der Waals surface area contributed by atoms with Crippen LogP contribution in [0.1, 0.15) is 70.6 Å². The van der Waals surface area contributed by atoms with Crippen molar-refractivity contribution in [3.8, 4) is 0 Å². The van der Waals surface area contributed by atoms with E-state index in [9.17, 15) is 0 Å². The molecule has 0 aromatic carbocycles. The minimum atomic E-state index is 0.461. The van der Waals surface area contributed by atoms with Crippen LogP contribution in [0.5, 0.6) is 0 Å². The number of rotatable bonds is 1. The smallest absolute Gasteiger partial charge is 0.102 e. The van der Waals surface area contributed by atoms with E-state index in [2.05, 4.69) is 6.26 Å². The van der Waals surface area contributed by atoms with E-state index in [-0.39, 0.29) is 0 Å². The fourth-order valence-electron chi connectivity index (χ4n) is 2.31. The molecule has 96 valence electrons. The Balaban J connectivity index is 2.16. The van der Waals surface area contributed by atoms with Gasteiger partial charge in [0.1, 0.15) is 5.44 Å². The lowest BCUT2D eigenvalue weighted by Gasteiger charge is -2.16. The molecule has 1 fully saturated rings. The van der Waals surface area contributed by atoms with Gasteiger partial charge in [-0.25, -0.2) is 0 Å². The maximum Gasteiger partial charge on any atom is 0.102 e. The predicted molar refractivity (Wildman–Crippen MR) is 74.0 cm³/mol. The highest BCUT2D eigenvalue weighted by atomic mass is 32.2. The van der Waals surface area contributed by atoms with Crippen LogP contribution in [-0.2, 0) is 4.74 Å². The molecule has 1 aliphatic rings. The molecule has 0 aromatic rings. The largest absolute Gasteiger partial charge is 0.368 e. The van der Waals surface area contributed by atoms with E-state index < -0.39 is 0 Å². The molecule has 1 saturated heterocycles. The summed E-state index contributed by atoms with van der Waals surface area (Å²) >= 11 is 1.88. The lowest BCUT2D eigenvalue weighted by Crippen LogP contribution is -2.09. The van der Waals surface area contributed by atoms with E-state index in [0.717, 1.165) is 6.61 Å². The minimum absolute atomic E-state index is 0.461. The Morgan fingerprint density at radius 2 is 1.25 bits per heavy atom. The average Bonchev–Trinajstić information content (AvgIpc) is 2.32. The van der Waals surface area contributed by atoms with Crippen molar-refractivity contribution >= 4 is 11.8 Å². The van der Waals surface area contributed by atoms with Crippen LogP contribution in [0.4, 0.5) is 0 Å². The summed E-state index contributed by atoms with van der Waals surface area (Å²) in [4.78, 5) is 0. The van der Waals surface area contributed by atoms with Crippen LogP contribution in [0.25, 0.3) is 0 Å². The van der Waals surface area contributed by atoms with Gasteiger partial charge in [0.25, 0.3) is 0 Å². The molecular weight excluding hydrogens is 216 g/mol. The zero-order chi connectivity index (χ0) is 11.5. The van der Waals surface area contributed by atoms with Crippen molar-refractivity contribution in [2.24, 2.45) is 0 Å². The average molecular weight is 244 g/mol. The highest BCUT2D eigenvalue weighted by molar-refractivity contribution is 7.99. The zero-order valence-corrected chi connectivity index (χ0v) is 11.7. The van der Waals surface area contributed by atoms with E-state index in [4.69, 9.17) is 4.74 Å². The van der Waals surface area contributed by atoms with Crippen molar-refractivity contribution in [1.82, 2.24) is 0 Å². The summed E-state index contributed by atoms with van der Waals surface area (Å²) in [6.45, 7) is 0.978. The van der Waals surface area contributed by atoms with Crippen molar-refractivity contribution in [2.45, 2.75) is 76.1 Å². The maximum absolute atomic E-state index is 5.90. The summed E-state index contributed by atoms with van der Waals surface area (Å²) in [6.07, 6.45) is 17.4. The number of ether oxygens (including phenoxy) is 1. The third kappa shape index (κ3) is 7.56. The normalized spacial score (nSPS) is 27.2. The Morgan fingerprint density at radius 1 is 0.750 bits per heavy atom. The summed E-state index contributed by atoms with van der Waals surface area (Å²) in [5.41, 5.74) is 0.461. The lowest BCUT2D eigenvalue weighted by atomic mass is 10.1. The van der Waals surface area contributed by atoms with Crippen molar-refractivity contribution in [1.29, 1.82) is 0 Å². The summed E-state index contributed by atoms with van der Waals surface area (Å²) in [7, 11) is 0. The Labute approximate surface area is 106 Å². The van der Waals surface area contributed by atoms with Crippen LogP contribution < -0.4 is 0 Å². The molecule has 1 heterocycles. The van der Waals surface area contributed by atoms with Gasteiger partial charge >= 0.3 is 0 Å². The molecule has 0 aromatic heterocycles. The Hall–Kier alpha value is 0.310. The number of hydrogen-bond donors (Lipinski definition) is 0. The summed E-state index contributed by atoms with van der Waals surface area (Å²) in [6, 6.07) is 0. The molecule has 0 spiro atoms. The van der Waals surface area contributed by atoms with Gasteiger partial charge in [-0.15, -0.1) is 11.8 Å². The van der Waals surface area contributed by atoms with Crippen LogP contribution in [-0.4, -0.2) is 18.3 Å². The van der Waals surface area contributed by atoms with Crippen molar-refractivity contribution in [3.05, 3.63) is 0 Å². The van der Waals surface area contributed by atoms with Gasteiger partial charge in [0.05, 0.1) is 0 Å². The monoisotopic (exact) mass is 244 g/mol. The van der Waals surface area contributed by atoms with E-state index in [1.165, 1.54) is 70.6 Å². The fourth-order valence-corrected chi connectivity index (χ4v) is 2.95. The Morgan fingerprint density at radius 3 is 1.81 bits per heavy atom. The fraction of sp³-hybridized carbons (Fsp3) is 1.00. The number of thioether (sulfide) groups is 1. The summed E-state index contributed by atoms with van der Waals surface area (Å²) in [5.74, 6) is 0. The van der Waals surface area contributed by atoms with Crippen molar-refractivity contribution in [2.75, 3.05) is 12.9 Å². The molecule has 0 bridgehead atoms. The van der Waals surface area contributed by atoms with Gasteiger partial charge < -0.3 is 4.74 Å². The molecule has 1 unspecified atom stereocenters. The van der Waals surface area contributed by atoms with E-state index in [1.807, 2.05) is 11.8 Å². The van der Waals surface area contributed by atoms with E-state index >= 15 is 0 Å². The second-order valence-corrected chi connectivity index (χ2v) is 5.86. The predicted octanol–water partition coefficient (Wildman–Crippen LogP) is 5.00. The van der Waals surface area contributed by atoms with Gasteiger partial charge in [-0.1, -0.05) is 51.4 Å². The molecule has 2 heteroatoms. The molecule has 1 rings (SSSR count). The second kappa shape index (κ2) is 10.5. The second-order valence-electron chi connectivity index (χ2n) is 4.86. The maximum atomic E-state index is 5.90. The van der Waals surface area contributed by atoms with Gasteiger partial charge in [-0.2, -0.15) is 0 Å². The Kier molecular flexibility index (Phi) is 9.40.